The lowest BCUT2D eigenvalue weighted by atomic mass is 10.1. The molecule has 0 bridgehead atoms. The Balaban J connectivity index is 2.30. The predicted molar refractivity (Wildman–Crippen MR) is 61.6 cm³/mol. The molecule has 5 nitrogen and oxygen atoms in total. The zero-order valence-electron chi connectivity index (χ0n) is 10.0. The van der Waals surface area contributed by atoms with Gasteiger partial charge < -0.3 is 5.73 Å². The van der Waals surface area contributed by atoms with Crippen LogP contribution in [0.3, 0.4) is 0 Å². The van der Waals surface area contributed by atoms with E-state index in [1.807, 2.05) is 18.7 Å². The molecule has 0 spiro atoms. The Hall–Kier alpha value is -0.940. The molecule has 0 aromatic rings. The zero-order chi connectivity index (χ0) is 12.1. The van der Waals surface area contributed by atoms with Crippen LogP contribution in [-0.2, 0) is 9.59 Å². The average molecular weight is 227 g/mol. The maximum Gasteiger partial charge on any atom is 0.243 e. The van der Waals surface area contributed by atoms with Gasteiger partial charge in [0.25, 0.3) is 0 Å². The number of imide groups is 1. The number of rotatable bonds is 4. The van der Waals surface area contributed by atoms with Crippen LogP contribution in [0, 0.1) is 5.92 Å². The van der Waals surface area contributed by atoms with Gasteiger partial charge in [-0.05, 0) is 31.8 Å². The molecule has 0 aliphatic carbocycles. The Morgan fingerprint density at radius 2 is 1.88 bits per heavy atom. The van der Waals surface area contributed by atoms with Crippen molar-refractivity contribution in [2.24, 2.45) is 11.7 Å². The van der Waals surface area contributed by atoms with Gasteiger partial charge in [-0.2, -0.15) is 0 Å². The fourth-order valence-corrected chi connectivity index (χ4v) is 1.71. The summed E-state index contributed by atoms with van der Waals surface area (Å²) >= 11 is 0. The van der Waals surface area contributed by atoms with Crippen molar-refractivity contribution < 1.29 is 9.59 Å². The molecule has 1 rings (SSSR count). The molecular formula is C11H21N3O2. The minimum Gasteiger partial charge on any atom is -0.320 e. The van der Waals surface area contributed by atoms with Crippen LogP contribution in [-0.4, -0.2) is 42.4 Å². The third-order valence-electron chi connectivity index (χ3n) is 2.85. The van der Waals surface area contributed by atoms with Crippen LogP contribution in [0.5, 0.6) is 0 Å². The van der Waals surface area contributed by atoms with Gasteiger partial charge in [0.05, 0.1) is 12.6 Å². The molecule has 1 heterocycles. The third-order valence-corrected chi connectivity index (χ3v) is 2.85. The van der Waals surface area contributed by atoms with Crippen LogP contribution in [0.4, 0.5) is 0 Å². The number of nitrogens with zero attached hydrogens (tertiary/aromatic N) is 1. The molecule has 1 aliphatic rings. The molecule has 1 unspecified atom stereocenters. The number of amides is 2. The fraction of sp³-hybridized carbons (Fsp3) is 0.818. The van der Waals surface area contributed by atoms with E-state index in [1.54, 1.807) is 0 Å². The van der Waals surface area contributed by atoms with Crippen molar-refractivity contribution in [3.63, 3.8) is 0 Å². The summed E-state index contributed by atoms with van der Waals surface area (Å²) in [5.74, 6) is -0.582. The van der Waals surface area contributed by atoms with E-state index < -0.39 is 6.04 Å². The molecule has 3 N–H and O–H groups in total. The highest BCUT2D eigenvalue weighted by Gasteiger charge is 2.21. The van der Waals surface area contributed by atoms with Gasteiger partial charge in [0.1, 0.15) is 0 Å². The fourth-order valence-electron chi connectivity index (χ4n) is 1.71. The largest absolute Gasteiger partial charge is 0.320 e. The van der Waals surface area contributed by atoms with Crippen LogP contribution < -0.4 is 11.1 Å². The Morgan fingerprint density at radius 3 is 2.38 bits per heavy atom. The highest BCUT2D eigenvalue weighted by atomic mass is 16.2. The molecule has 2 amide bonds. The van der Waals surface area contributed by atoms with Crippen LogP contribution in [0.2, 0.25) is 0 Å². The normalized spacial score (nSPS) is 18.8. The lowest BCUT2D eigenvalue weighted by Crippen LogP contribution is -2.48. The zero-order valence-corrected chi connectivity index (χ0v) is 10.0. The first-order chi connectivity index (χ1) is 7.50. The van der Waals surface area contributed by atoms with E-state index in [2.05, 4.69) is 5.32 Å². The van der Waals surface area contributed by atoms with Gasteiger partial charge in [-0.25, -0.2) is 0 Å². The Kier molecular flexibility index (Phi) is 4.89. The molecule has 0 radical (unpaired) electrons. The minimum absolute atomic E-state index is 0.0413. The van der Waals surface area contributed by atoms with E-state index in [0.717, 1.165) is 25.9 Å². The molecule has 0 aromatic carbocycles. The number of hydrogen-bond acceptors (Lipinski definition) is 4. The van der Waals surface area contributed by atoms with Crippen molar-refractivity contribution in [3.05, 3.63) is 0 Å². The van der Waals surface area contributed by atoms with Crippen molar-refractivity contribution in [2.45, 2.75) is 32.7 Å². The van der Waals surface area contributed by atoms with Gasteiger partial charge in [-0.15, -0.1) is 0 Å². The van der Waals surface area contributed by atoms with Gasteiger partial charge in [0, 0.05) is 0 Å². The van der Waals surface area contributed by atoms with Crippen molar-refractivity contribution in [1.29, 1.82) is 0 Å². The topological polar surface area (TPSA) is 75.4 Å². The molecule has 1 fully saturated rings. The summed E-state index contributed by atoms with van der Waals surface area (Å²) < 4.78 is 0. The van der Waals surface area contributed by atoms with Crippen LogP contribution in [0.1, 0.15) is 26.7 Å². The summed E-state index contributed by atoms with van der Waals surface area (Å²) in [5.41, 5.74) is 5.64. The molecule has 16 heavy (non-hydrogen) atoms. The van der Waals surface area contributed by atoms with Crippen molar-refractivity contribution in [3.8, 4) is 0 Å². The Labute approximate surface area is 96.4 Å². The summed E-state index contributed by atoms with van der Waals surface area (Å²) in [6, 6.07) is -0.609. The van der Waals surface area contributed by atoms with Gasteiger partial charge in [-0.3, -0.25) is 19.8 Å². The second-order valence-electron chi connectivity index (χ2n) is 4.67. The van der Waals surface area contributed by atoms with E-state index in [-0.39, 0.29) is 17.7 Å². The molecular weight excluding hydrogens is 206 g/mol. The number of nitrogens with one attached hydrogen (secondary N) is 1. The van der Waals surface area contributed by atoms with E-state index in [9.17, 15) is 9.59 Å². The highest BCUT2D eigenvalue weighted by Crippen LogP contribution is 2.06. The highest BCUT2D eigenvalue weighted by molar-refractivity contribution is 5.98. The summed E-state index contributed by atoms with van der Waals surface area (Å²) in [6.45, 7) is 5.90. The first-order valence-corrected chi connectivity index (χ1v) is 5.82. The predicted octanol–water partition coefficient (Wildman–Crippen LogP) is -0.292. The van der Waals surface area contributed by atoms with Crippen molar-refractivity contribution >= 4 is 11.8 Å². The van der Waals surface area contributed by atoms with E-state index >= 15 is 0 Å². The second-order valence-corrected chi connectivity index (χ2v) is 4.67. The lowest BCUT2D eigenvalue weighted by molar-refractivity contribution is -0.132. The molecule has 1 aliphatic heterocycles. The Bertz CT molecular complexity index is 260. The molecule has 1 saturated heterocycles. The van der Waals surface area contributed by atoms with Crippen LogP contribution in [0.15, 0.2) is 0 Å². The molecule has 5 heteroatoms. The standard InChI is InChI=1S/C11H21N3O2/c1-8(2)10(12)11(16)13-9(15)7-14-5-3-4-6-14/h8,10H,3-7,12H2,1-2H3,(H,13,15,16). The van der Waals surface area contributed by atoms with E-state index in [4.69, 9.17) is 5.73 Å². The quantitative estimate of drug-likeness (QED) is 0.692. The molecule has 0 saturated carbocycles. The summed E-state index contributed by atoms with van der Waals surface area (Å²) in [7, 11) is 0. The third kappa shape index (κ3) is 3.90. The minimum atomic E-state index is -0.609. The average Bonchev–Trinajstić information content (AvgIpc) is 2.68. The summed E-state index contributed by atoms with van der Waals surface area (Å²) in [5, 5.41) is 2.34. The monoisotopic (exact) mass is 227 g/mol. The number of hydrogen-bond donors (Lipinski definition) is 2. The molecule has 1 atom stereocenters. The van der Waals surface area contributed by atoms with Crippen LogP contribution in [0.25, 0.3) is 0 Å². The van der Waals surface area contributed by atoms with E-state index in [0.29, 0.717) is 6.54 Å². The Morgan fingerprint density at radius 1 is 1.31 bits per heavy atom. The summed E-state index contributed by atoms with van der Waals surface area (Å²) in [6.07, 6.45) is 2.26. The number of carbonyl (C=O) groups excluding carboxylic acids is 2. The molecule has 92 valence electrons. The summed E-state index contributed by atoms with van der Waals surface area (Å²) in [4.78, 5) is 25.0. The van der Waals surface area contributed by atoms with Gasteiger partial charge >= 0.3 is 0 Å². The van der Waals surface area contributed by atoms with Gasteiger partial charge in [-0.1, -0.05) is 13.8 Å². The second kappa shape index (κ2) is 5.96. The smallest absolute Gasteiger partial charge is 0.243 e. The lowest BCUT2D eigenvalue weighted by Gasteiger charge is -2.17. The van der Waals surface area contributed by atoms with Gasteiger partial charge in [0.2, 0.25) is 11.8 Å². The first-order valence-electron chi connectivity index (χ1n) is 5.82. The number of likely N-dealkylation sites (tertiary alicyclic amines) is 1. The van der Waals surface area contributed by atoms with Crippen molar-refractivity contribution in [1.82, 2.24) is 10.2 Å². The van der Waals surface area contributed by atoms with Crippen molar-refractivity contribution in [2.75, 3.05) is 19.6 Å². The maximum atomic E-state index is 11.5. The maximum absolute atomic E-state index is 11.5. The molecule has 0 aromatic heterocycles. The van der Waals surface area contributed by atoms with Crippen LogP contribution >= 0.6 is 0 Å². The number of nitrogens with two attached hydrogens (primary N) is 1. The van der Waals surface area contributed by atoms with E-state index in [1.165, 1.54) is 0 Å². The van der Waals surface area contributed by atoms with Gasteiger partial charge in [0.15, 0.2) is 0 Å². The first kappa shape index (κ1) is 13.1. The number of carbonyl (C=O) groups is 2. The SMILES string of the molecule is CC(C)C(N)C(=O)NC(=O)CN1CCCC1.